The molecule has 1 heterocycles. The van der Waals surface area contributed by atoms with E-state index in [2.05, 4.69) is 10.0 Å². The summed E-state index contributed by atoms with van der Waals surface area (Å²) in [6.45, 7) is 3.79. The quantitative estimate of drug-likeness (QED) is 0.380. The Balaban J connectivity index is 1.69. The van der Waals surface area contributed by atoms with Crippen molar-refractivity contribution in [3.05, 3.63) is 84.4 Å². The molecule has 1 aliphatic heterocycles. The fourth-order valence-corrected chi connectivity index (χ4v) is 5.52. The largest absolute Gasteiger partial charge is 0.485 e. The van der Waals surface area contributed by atoms with Gasteiger partial charge in [-0.05, 0) is 43.3 Å². The number of amides is 3. The molecule has 3 aromatic carbocycles. The summed E-state index contributed by atoms with van der Waals surface area (Å²) >= 11 is 0. The minimum atomic E-state index is -3.99. The van der Waals surface area contributed by atoms with E-state index in [0.29, 0.717) is 5.69 Å². The predicted molar refractivity (Wildman–Crippen MR) is 153 cm³/mol. The number of sulfonamides is 1. The zero-order valence-corrected chi connectivity index (χ0v) is 23.5. The molecule has 0 saturated carbocycles. The molecule has 0 radical (unpaired) electrons. The Morgan fingerprint density at radius 2 is 1.73 bits per heavy atom. The molecule has 0 aliphatic carbocycles. The molecular formula is C29H34N4O6S. The first kappa shape index (κ1) is 28.9. The number of carbonyl (C=O) groups excluding carboxylic acids is 2. The number of para-hydroxylation sites is 2. The second kappa shape index (κ2) is 12.4. The molecule has 3 N–H and O–H groups in total. The Morgan fingerprint density at radius 1 is 1.07 bits per heavy atom. The maximum atomic E-state index is 13.6. The van der Waals surface area contributed by atoms with Crippen LogP contribution in [0, 0.1) is 5.92 Å². The summed E-state index contributed by atoms with van der Waals surface area (Å²) in [6.07, 6.45) is -0.617. The van der Waals surface area contributed by atoms with Gasteiger partial charge in [0, 0.05) is 25.2 Å². The van der Waals surface area contributed by atoms with Crippen molar-refractivity contribution in [3.63, 3.8) is 0 Å². The minimum Gasteiger partial charge on any atom is -0.485 e. The molecule has 3 aromatic rings. The molecule has 3 atom stereocenters. The fourth-order valence-electron chi connectivity index (χ4n) is 4.44. The topological polar surface area (TPSA) is 128 Å². The SMILES string of the molecule is C[C@H](CO)N1C[C@H](C)[C@@H](CN(C)C(=O)Nc2ccccc2)Oc2c(NS(=O)(=O)c3ccccc3)cccc2C1=O. The van der Waals surface area contributed by atoms with E-state index < -0.39 is 28.1 Å². The normalized spacial score (nSPS) is 18.0. The highest BCUT2D eigenvalue weighted by Gasteiger charge is 2.35. The standard InChI is InChI=1S/C29H34N4O6S/c1-20-17-33(21(2)19-34)28(35)24-15-10-16-25(31-40(37,38)23-13-8-5-9-14-23)27(24)39-26(20)18-32(3)29(36)30-22-11-6-4-7-12-22/h4-16,20-21,26,31,34H,17-19H2,1-3H3,(H,30,36)/t20-,21+,26+/m0/s1. The average Bonchev–Trinajstić information content (AvgIpc) is 2.95. The van der Waals surface area contributed by atoms with E-state index in [1.807, 2.05) is 25.1 Å². The highest BCUT2D eigenvalue weighted by molar-refractivity contribution is 7.92. The lowest BCUT2D eigenvalue weighted by molar-refractivity contribution is 0.0373. The van der Waals surface area contributed by atoms with Gasteiger partial charge in [0.15, 0.2) is 5.75 Å². The third kappa shape index (κ3) is 6.54. The zero-order chi connectivity index (χ0) is 28.9. The van der Waals surface area contributed by atoms with Gasteiger partial charge in [-0.25, -0.2) is 13.2 Å². The van der Waals surface area contributed by atoms with Crippen LogP contribution < -0.4 is 14.8 Å². The molecule has 10 nitrogen and oxygen atoms in total. The number of carbonyl (C=O) groups is 2. The van der Waals surface area contributed by atoms with E-state index in [4.69, 9.17) is 4.74 Å². The molecular weight excluding hydrogens is 532 g/mol. The third-order valence-corrected chi connectivity index (χ3v) is 8.20. The molecule has 0 saturated heterocycles. The molecule has 11 heteroatoms. The smallest absolute Gasteiger partial charge is 0.321 e. The number of urea groups is 1. The molecule has 0 spiro atoms. The van der Waals surface area contributed by atoms with E-state index in [0.717, 1.165) is 0 Å². The maximum Gasteiger partial charge on any atom is 0.321 e. The number of hydrogen-bond donors (Lipinski definition) is 3. The molecule has 1 aliphatic rings. The summed E-state index contributed by atoms with van der Waals surface area (Å²) in [5, 5.41) is 12.7. The summed E-state index contributed by atoms with van der Waals surface area (Å²) in [6, 6.07) is 20.8. The summed E-state index contributed by atoms with van der Waals surface area (Å²) in [5.74, 6) is -0.606. The molecule has 0 bridgehead atoms. The minimum absolute atomic E-state index is 0.0579. The van der Waals surface area contributed by atoms with Crippen LogP contribution in [0.4, 0.5) is 16.2 Å². The molecule has 0 fully saturated rings. The van der Waals surface area contributed by atoms with E-state index in [1.165, 1.54) is 23.1 Å². The number of ether oxygens (including phenoxy) is 1. The van der Waals surface area contributed by atoms with Crippen molar-refractivity contribution in [2.45, 2.75) is 30.9 Å². The number of aliphatic hydroxyl groups excluding tert-OH is 1. The van der Waals surface area contributed by atoms with Crippen LogP contribution in [-0.4, -0.2) is 74.2 Å². The molecule has 212 valence electrons. The zero-order valence-electron chi connectivity index (χ0n) is 22.7. The highest BCUT2D eigenvalue weighted by Crippen LogP contribution is 2.36. The second-order valence-electron chi connectivity index (χ2n) is 9.90. The number of likely N-dealkylation sites (N-methyl/N-ethyl adjacent to an activating group) is 1. The van der Waals surface area contributed by atoms with Crippen LogP contribution in [-0.2, 0) is 10.0 Å². The molecule has 0 unspecified atom stereocenters. The molecule has 0 aromatic heterocycles. The van der Waals surface area contributed by atoms with Crippen molar-refractivity contribution in [1.82, 2.24) is 9.80 Å². The average molecular weight is 567 g/mol. The second-order valence-corrected chi connectivity index (χ2v) is 11.6. The van der Waals surface area contributed by atoms with Crippen LogP contribution in [0.25, 0.3) is 0 Å². The van der Waals surface area contributed by atoms with Crippen molar-refractivity contribution >= 4 is 33.3 Å². The first-order valence-corrected chi connectivity index (χ1v) is 14.5. The van der Waals surface area contributed by atoms with Gasteiger partial charge in [0.05, 0.1) is 35.3 Å². The van der Waals surface area contributed by atoms with Crippen molar-refractivity contribution in [2.24, 2.45) is 5.92 Å². The fraction of sp³-hybridized carbons (Fsp3) is 0.310. The number of aliphatic hydroxyl groups is 1. The number of benzene rings is 3. The van der Waals surface area contributed by atoms with Crippen LogP contribution in [0.15, 0.2) is 83.8 Å². The lowest BCUT2D eigenvalue weighted by atomic mass is 9.99. The third-order valence-electron chi connectivity index (χ3n) is 6.81. The van der Waals surface area contributed by atoms with Crippen LogP contribution in [0.3, 0.4) is 0 Å². The van der Waals surface area contributed by atoms with E-state index >= 15 is 0 Å². The van der Waals surface area contributed by atoms with E-state index in [-0.39, 0.29) is 53.5 Å². The van der Waals surface area contributed by atoms with Gasteiger partial charge in [0.1, 0.15) is 6.10 Å². The van der Waals surface area contributed by atoms with Crippen LogP contribution in [0.2, 0.25) is 0 Å². The van der Waals surface area contributed by atoms with Gasteiger partial charge in [-0.3, -0.25) is 9.52 Å². The van der Waals surface area contributed by atoms with Gasteiger partial charge in [-0.2, -0.15) is 0 Å². The summed E-state index contributed by atoms with van der Waals surface area (Å²) in [4.78, 5) is 29.7. The molecule has 3 amide bonds. The molecule has 40 heavy (non-hydrogen) atoms. The summed E-state index contributed by atoms with van der Waals surface area (Å²) < 4.78 is 35.3. The van der Waals surface area contributed by atoms with E-state index in [1.54, 1.807) is 61.3 Å². The first-order chi connectivity index (χ1) is 19.1. The Morgan fingerprint density at radius 3 is 2.38 bits per heavy atom. The number of nitrogens with one attached hydrogen (secondary N) is 2. The maximum absolute atomic E-state index is 13.6. The summed E-state index contributed by atoms with van der Waals surface area (Å²) in [7, 11) is -2.36. The predicted octanol–water partition coefficient (Wildman–Crippen LogP) is 3.87. The van der Waals surface area contributed by atoms with Gasteiger partial charge >= 0.3 is 6.03 Å². The Kier molecular flexibility index (Phi) is 8.96. The number of nitrogens with zero attached hydrogens (tertiary/aromatic N) is 2. The Labute approximate surface area is 234 Å². The van der Waals surface area contributed by atoms with Gasteiger partial charge in [-0.1, -0.05) is 49.4 Å². The van der Waals surface area contributed by atoms with Crippen molar-refractivity contribution in [3.8, 4) is 5.75 Å². The van der Waals surface area contributed by atoms with Gasteiger partial charge in [0.2, 0.25) is 0 Å². The lowest BCUT2D eigenvalue weighted by Crippen LogP contribution is -2.50. The Bertz CT molecular complexity index is 1440. The van der Waals surface area contributed by atoms with Gasteiger partial charge < -0.3 is 25.0 Å². The van der Waals surface area contributed by atoms with Crippen molar-refractivity contribution < 1.29 is 27.9 Å². The van der Waals surface area contributed by atoms with Crippen LogP contribution in [0.1, 0.15) is 24.2 Å². The number of hydrogen-bond acceptors (Lipinski definition) is 6. The summed E-state index contributed by atoms with van der Waals surface area (Å²) in [5.41, 5.74) is 0.895. The number of anilines is 2. The van der Waals surface area contributed by atoms with Gasteiger partial charge in [-0.15, -0.1) is 0 Å². The first-order valence-electron chi connectivity index (χ1n) is 13.0. The van der Waals surface area contributed by atoms with Gasteiger partial charge in [0.25, 0.3) is 15.9 Å². The number of fused-ring (bicyclic) bond motifs is 1. The Hall–Kier alpha value is -4.09. The van der Waals surface area contributed by atoms with E-state index in [9.17, 15) is 23.1 Å². The monoisotopic (exact) mass is 566 g/mol. The highest BCUT2D eigenvalue weighted by atomic mass is 32.2. The van der Waals surface area contributed by atoms with Crippen molar-refractivity contribution in [2.75, 3.05) is 36.8 Å². The number of rotatable bonds is 8. The van der Waals surface area contributed by atoms with Crippen LogP contribution in [0.5, 0.6) is 5.75 Å². The molecule has 4 rings (SSSR count). The van der Waals surface area contributed by atoms with Crippen molar-refractivity contribution in [1.29, 1.82) is 0 Å². The van der Waals surface area contributed by atoms with Crippen LogP contribution >= 0.6 is 0 Å². The lowest BCUT2D eigenvalue weighted by Gasteiger charge is -2.38.